The van der Waals surface area contributed by atoms with Crippen LogP contribution in [0.25, 0.3) is 0 Å². The van der Waals surface area contributed by atoms with Gasteiger partial charge in [0.2, 0.25) is 5.91 Å². The molecule has 2 aliphatic rings. The van der Waals surface area contributed by atoms with Crippen molar-refractivity contribution in [1.29, 1.82) is 0 Å². The third-order valence-corrected chi connectivity index (χ3v) is 7.15. The molecule has 1 atom stereocenters. The Hall–Kier alpha value is -2.68. The SMILES string of the molecule is COc1ccc(NC(=O)CC2C(=O)N(c3ccc(Cl)cc3)C(=S)N2CCCN2CCCCC2)cc1. The molecule has 9 heteroatoms. The Bertz CT molecular complexity index is 1040. The Morgan fingerprint density at radius 2 is 1.74 bits per heavy atom. The number of carbonyl (C=O) groups is 2. The Labute approximate surface area is 217 Å². The number of hydrogen-bond acceptors (Lipinski definition) is 5. The van der Waals surface area contributed by atoms with Crippen molar-refractivity contribution in [1.82, 2.24) is 9.80 Å². The van der Waals surface area contributed by atoms with Gasteiger partial charge in [-0.25, -0.2) is 0 Å². The number of amides is 2. The third kappa shape index (κ3) is 6.31. The van der Waals surface area contributed by atoms with Crippen LogP contribution in [-0.4, -0.2) is 66.1 Å². The van der Waals surface area contributed by atoms with Crippen LogP contribution in [0.4, 0.5) is 11.4 Å². The molecule has 2 heterocycles. The average molecular weight is 515 g/mol. The van der Waals surface area contributed by atoms with Crippen LogP contribution in [0.15, 0.2) is 48.5 Å². The predicted molar refractivity (Wildman–Crippen MR) is 143 cm³/mol. The fraction of sp³-hybridized carbons (Fsp3) is 0.423. The normalized spacial score (nSPS) is 18.7. The zero-order valence-corrected chi connectivity index (χ0v) is 21.5. The van der Waals surface area contributed by atoms with E-state index in [1.807, 2.05) is 4.90 Å². The van der Waals surface area contributed by atoms with E-state index in [2.05, 4.69) is 10.2 Å². The summed E-state index contributed by atoms with van der Waals surface area (Å²) in [7, 11) is 1.59. The molecule has 2 aromatic rings. The van der Waals surface area contributed by atoms with E-state index in [4.69, 9.17) is 28.6 Å². The molecule has 186 valence electrons. The van der Waals surface area contributed by atoms with Crippen LogP contribution in [-0.2, 0) is 9.59 Å². The Morgan fingerprint density at radius 1 is 1.06 bits per heavy atom. The number of piperidine rings is 1. The van der Waals surface area contributed by atoms with Gasteiger partial charge in [-0.05, 0) is 99.6 Å². The van der Waals surface area contributed by atoms with Crippen LogP contribution in [0, 0.1) is 0 Å². The number of halogens is 1. The summed E-state index contributed by atoms with van der Waals surface area (Å²) < 4.78 is 5.17. The molecular weight excluding hydrogens is 484 g/mol. The molecule has 0 saturated carbocycles. The average Bonchev–Trinajstić information content (AvgIpc) is 3.09. The van der Waals surface area contributed by atoms with E-state index in [0.29, 0.717) is 33.8 Å². The second-order valence-corrected chi connectivity index (χ2v) is 9.68. The molecule has 0 aromatic heterocycles. The molecule has 2 aromatic carbocycles. The molecule has 7 nitrogen and oxygen atoms in total. The van der Waals surface area contributed by atoms with Crippen molar-refractivity contribution in [2.45, 2.75) is 38.1 Å². The summed E-state index contributed by atoms with van der Waals surface area (Å²) in [5, 5.41) is 3.90. The fourth-order valence-corrected chi connectivity index (χ4v) is 5.16. The number of thiocarbonyl (C=S) groups is 1. The van der Waals surface area contributed by atoms with Crippen molar-refractivity contribution in [2.75, 3.05) is 43.5 Å². The molecule has 0 aliphatic carbocycles. The largest absolute Gasteiger partial charge is 0.497 e. The number of likely N-dealkylation sites (tertiary alicyclic amines) is 1. The van der Waals surface area contributed by atoms with Gasteiger partial charge in [-0.15, -0.1) is 0 Å². The molecule has 4 rings (SSSR count). The van der Waals surface area contributed by atoms with Gasteiger partial charge in [-0.3, -0.25) is 14.5 Å². The zero-order valence-electron chi connectivity index (χ0n) is 19.9. The standard InChI is InChI=1S/C26H31ClN4O3S/c1-34-22-12-8-20(9-13-22)28-24(32)18-23-25(33)31(21-10-6-19(27)7-11-21)26(35)30(23)17-5-16-29-14-3-2-4-15-29/h6-13,23H,2-5,14-18H2,1H3,(H,28,32). The number of hydrogen-bond donors (Lipinski definition) is 1. The smallest absolute Gasteiger partial charge is 0.256 e. The van der Waals surface area contributed by atoms with Gasteiger partial charge < -0.3 is 19.9 Å². The summed E-state index contributed by atoms with van der Waals surface area (Å²) in [6.07, 6.45) is 4.65. The summed E-state index contributed by atoms with van der Waals surface area (Å²) in [6.45, 7) is 3.81. The molecule has 1 N–H and O–H groups in total. The lowest BCUT2D eigenvalue weighted by Gasteiger charge is -2.28. The van der Waals surface area contributed by atoms with Crippen LogP contribution >= 0.6 is 23.8 Å². The minimum atomic E-state index is -0.655. The molecule has 0 radical (unpaired) electrons. The van der Waals surface area contributed by atoms with Crippen molar-refractivity contribution in [3.05, 3.63) is 53.6 Å². The summed E-state index contributed by atoms with van der Waals surface area (Å²) >= 11 is 11.8. The third-order valence-electron chi connectivity index (χ3n) is 6.48. The van der Waals surface area contributed by atoms with Crippen molar-refractivity contribution in [3.8, 4) is 5.75 Å². The van der Waals surface area contributed by atoms with Crippen LogP contribution < -0.4 is 15.0 Å². The molecule has 2 aliphatic heterocycles. The molecule has 2 amide bonds. The monoisotopic (exact) mass is 514 g/mol. The molecule has 2 saturated heterocycles. The van der Waals surface area contributed by atoms with Crippen molar-refractivity contribution in [2.24, 2.45) is 0 Å². The van der Waals surface area contributed by atoms with Crippen LogP contribution in [0.2, 0.25) is 5.02 Å². The number of nitrogens with zero attached hydrogens (tertiary/aromatic N) is 3. The Kier molecular flexibility index (Phi) is 8.59. The van der Waals surface area contributed by atoms with E-state index in [1.165, 1.54) is 24.2 Å². The topological polar surface area (TPSA) is 65.1 Å². The van der Waals surface area contributed by atoms with E-state index in [0.717, 1.165) is 26.1 Å². The van der Waals surface area contributed by atoms with Gasteiger partial charge >= 0.3 is 0 Å². The number of methoxy groups -OCH3 is 1. The van der Waals surface area contributed by atoms with Gasteiger partial charge in [-0.1, -0.05) is 18.0 Å². The number of benzene rings is 2. The van der Waals surface area contributed by atoms with Gasteiger partial charge in [0.1, 0.15) is 11.8 Å². The second-order valence-electron chi connectivity index (χ2n) is 8.88. The fourth-order valence-electron chi connectivity index (χ4n) is 4.62. The highest BCUT2D eigenvalue weighted by atomic mass is 35.5. The molecule has 0 bridgehead atoms. The summed E-state index contributed by atoms with van der Waals surface area (Å²) in [6, 6.07) is 13.5. The van der Waals surface area contributed by atoms with Crippen molar-refractivity contribution >= 4 is 52.1 Å². The maximum atomic E-state index is 13.5. The molecule has 35 heavy (non-hydrogen) atoms. The lowest BCUT2D eigenvalue weighted by Crippen LogP contribution is -2.40. The zero-order chi connectivity index (χ0) is 24.8. The van der Waals surface area contributed by atoms with Crippen LogP contribution in [0.3, 0.4) is 0 Å². The quantitative estimate of drug-likeness (QED) is 0.495. The van der Waals surface area contributed by atoms with Crippen LogP contribution in [0.1, 0.15) is 32.1 Å². The van der Waals surface area contributed by atoms with Crippen molar-refractivity contribution < 1.29 is 14.3 Å². The summed E-state index contributed by atoms with van der Waals surface area (Å²) in [4.78, 5) is 32.3. The highest BCUT2D eigenvalue weighted by molar-refractivity contribution is 7.80. The molecule has 1 unspecified atom stereocenters. The number of rotatable bonds is 9. The Morgan fingerprint density at radius 3 is 2.40 bits per heavy atom. The number of ether oxygens (including phenoxy) is 1. The van der Waals surface area contributed by atoms with E-state index in [1.54, 1.807) is 55.6 Å². The minimum Gasteiger partial charge on any atom is -0.497 e. The number of carbonyl (C=O) groups excluding carboxylic acids is 2. The maximum absolute atomic E-state index is 13.5. The highest BCUT2D eigenvalue weighted by Crippen LogP contribution is 2.29. The van der Waals surface area contributed by atoms with Gasteiger partial charge in [0.15, 0.2) is 5.11 Å². The number of nitrogens with one attached hydrogen (secondary N) is 1. The first-order valence-electron chi connectivity index (χ1n) is 12.0. The maximum Gasteiger partial charge on any atom is 0.256 e. The van der Waals surface area contributed by atoms with Crippen LogP contribution in [0.5, 0.6) is 5.75 Å². The van der Waals surface area contributed by atoms with E-state index in [9.17, 15) is 9.59 Å². The van der Waals surface area contributed by atoms with E-state index < -0.39 is 6.04 Å². The van der Waals surface area contributed by atoms with Crippen molar-refractivity contribution in [3.63, 3.8) is 0 Å². The van der Waals surface area contributed by atoms with Gasteiger partial charge in [0.05, 0.1) is 19.2 Å². The first-order valence-corrected chi connectivity index (χ1v) is 12.8. The lowest BCUT2D eigenvalue weighted by atomic mass is 10.1. The van der Waals surface area contributed by atoms with E-state index >= 15 is 0 Å². The molecular formula is C26H31ClN4O3S. The number of anilines is 2. The van der Waals surface area contributed by atoms with Gasteiger partial charge in [0.25, 0.3) is 5.91 Å². The lowest BCUT2D eigenvalue weighted by molar-refractivity contribution is -0.124. The summed E-state index contributed by atoms with van der Waals surface area (Å²) in [5.41, 5.74) is 1.30. The first-order chi connectivity index (χ1) is 17.0. The highest BCUT2D eigenvalue weighted by Gasteiger charge is 2.43. The molecule has 0 spiro atoms. The Balaban J connectivity index is 1.46. The predicted octanol–water partition coefficient (Wildman–Crippen LogP) is 4.56. The second kappa shape index (κ2) is 11.8. The van der Waals surface area contributed by atoms with E-state index in [-0.39, 0.29) is 18.2 Å². The van der Waals surface area contributed by atoms with Gasteiger partial charge in [0, 0.05) is 17.3 Å². The summed E-state index contributed by atoms with van der Waals surface area (Å²) in [5.74, 6) is 0.272. The molecule has 2 fully saturated rings. The minimum absolute atomic E-state index is 0.0127. The van der Waals surface area contributed by atoms with Gasteiger partial charge in [-0.2, -0.15) is 0 Å². The first kappa shape index (κ1) is 25.4.